The predicted molar refractivity (Wildman–Crippen MR) is 50.5 cm³/mol. The van der Waals surface area contributed by atoms with Crippen LogP contribution in [0.2, 0.25) is 0 Å². The summed E-state index contributed by atoms with van der Waals surface area (Å²) >= 11 is 0. The van der Waals surface area contributed by atoms with Gasteiger partial charge in [-0.05, 0) is 11.5 Å². The number of Topliss-reactive ketones (excluding diaryl/α,β-unsaturated/α-hetero) is 1. The standard InChI is InChI=1S/C11H11NO/c1-8(2)9-3-5-10(6-4-9)11(13)7-12/h3-6,8H,1-2H3. The van der Waals surface area contributed by atoms with Crippen molar-refractivity contribution in [1.29, 1.82) is 5.26 Å². The Morgan fingerprint density at radius 3 is 2.23 bits per heavy atom. The van der Waals surface area contributed by atoms with Crippen molar-refractivity contribution >= 4 is 5.78 Å². The van der Waals surface area contributed by atoms with E-state index in [1.54, 1.807) is 18.2 Å². The highest BCUT2D eigenvalue weighted by Gasteiger charge is 2.04. The van der Waals surface area contributed by atoms with E-state index in [1.165, 1.54) is 5.56 Å². The highest BCUT2D eigenvalue weighted by atomic mass is 16.1. The molecule has 0 radical (unpaired) electrons. The molecule has 66 valence electrons. The van der Waals surface area contributed by atoms with E-state index in [0.717, 1.165) is 0 Å². The summed E-state index contributed by atoms with van der Waals surface area (Å²) in [4.78, 5) is 10.9. The molecule has 0 aromatic heterocycles. The van der Waals surface area contributed by atoms with Crippen LogP contribution in [-0.4, -0.2) is 5.78 Å². The van der Waals surface area contributed by atoms with Crippen molar-refractivity contribution in [3.8, 4) is 6.07 Å². The molecule has 0 saturated carbocycles. The SMILES string of the molecule is CC(C)c1ccc(C(=O)C#N)cc1. The number of ketones is 1. The molecule has 13 heavy (non-hydrogen) atoms. The first-order chi connectivity index (χ1) is 6.15. The zero-order valence-electron chi connectivity index (χ0n) is 7.74. The van der Waals surface area contributed by atoms with Crippen molar-refractivity contribution < 1.29 is 4.79 Å². The summed E-state index contributed by atoms with van der Waals surface area (Å²) in [6, 6.07) is 8.75. The van der Waals surface area contributed by atoms with Gasteiger partial charge in [-0.15, -0.1) is 0 Å². The average Bonchev–Trinajstić information content (AvgIpc) is 2.17. The maximum absolute atomic E-state index is 10.9. The quantitative estimate of drug-likeness (QED) is 0.509. The van der Waals surface area contributed by atoms with Crippen LogP contribution in [0.3, 0.4) is 0 Å². The van der Waals surface area contributed by atoms with Crippen molar-refractivity contribution in [1.82, 2.24) is 0 Å². The summed E-state index contributed by atoms with van der Waals surface area (Å²) in [5, 5.41) is 8.37. The molecule has 1 rings (SSSR count). The largest absolute Gasteiger partial charge is 0.277 e. The van der Waals surface area contributed by atoms with Gasteiger partial charge in [0, 0.05) is 5.56 Å². The molecule has 0 amide bonds. The van der Waals surface area contributed by atoms with Gasteiger partial charge in [-0.3, -0.25) is 4.79 Å². The van der Waals surface area contributed by atoms with Gasteiger partial charge in [0.25, 0.3) is 5.78 Å². The minimum atomic E-state index is -0.477. The van der Waals surface area contributed by atoms with Crippen LogP contribution in [0, 0.1) is 11.3 Å². The van der Waals surface area contributed by atoms with E-state index >= 15 is 0 Å². The van der Waals surface area contributed by atoms with Crippen molar-refractivity contribution in [2.75, 3.05) is 0 Å². The van der Waals surface area contributed by atoms with Crippen LogP contribution in [0.5, 0.6) is 0 Å². The molecule has 0 aliphatic carbocycles. The molecule has 1 aromatic carbocycles. The Balaban J connectivity index is 2.95. The molecule has 0 fully saturated rings. The van der Waals surface area contributed by atoms with Crippen LogP contribution < -0.4 is 0 Å². The van der Waals surface area contributed by atoms with Gasteiger partial charge in [-0.25, -0.2) is 0 Å². The number of carbonyl (C=O) groups excluding carboxylic acids is 1. The van der Waals surface area contributed by atoms with Gasteiger partial charge in [0.15, 0.2) is 0 Å². The third kappa shape index (κ3) is 2.16. The smallest absolute Gasteiger partial charge is 0.262 e. The van der Waals surface area contributed by atoms with Crippen LogP contribution in [0.15, 0.2) is 24.3 Å². The van der Waals surface area contributed by atoms with Crippen LogP contribution in [-0.2, 0) is 0 Å². The molecule has 1 aromatic rings. The molecule has 0 heterocycles. The zero-order chi connectivity index (χ0) is 9.84. The lowest BCUT2D eigenvalue weighted by molar-refractivity contribution is 0.105. The van der Waals surface area contributed by atoms with Crippen molar-refractivity contribution in [3.63, 3.8) is 0 Å². The second-order valence-corrected chi connectivity index (χ2v) is 3.22. The minimum Gasteiger partial charge on any atom is -0.277 e. The maximum atomic E-state index is 10.9. The maximum Gasteiger partial charge on any atom is 0.262 e. The molecule has 0 N–H and O–H groups in total. The second-order valence-electron chi connectivity index (χ2n) is 3.22. The highest BCUT2D eigenvalue weighted by molar-refractivity contribution is 6.07. The fourth-order valence-corrected chi connectivity index (χ4v) is 1.08. The molecule has 0 bridgehead atoms. The zero-order valence-corrected chi connectivity index (χ0v) is 7.74. The Kier molecular flexibility index (Phi) is 2.81. The van der Waals surface area contributed by atoms with Gasteiger partial charge >= 0.3 is 0 Å². The van der Waals surface area contributed by atoms with E-state index < -0.39 is 5.78 Å². The van der Waals surface area contributed by atoms with Gasteiger partial charge < -0.3 is 0 Å². The fourth-order valence-electron chi connectivity index (χ4n) is 1.08. The predicted octanol–water partition coefficient (Wildman–Crippen LogP) is 2.52. The Labute approximate surface area is 77.8 Å². The highest BCUT2D eigenvalue weighted by Crippen LogP contribution is 2.14. The molecule has 0 aliphatic rings. The van der Waals surface area contributed by atoms with Crippen LogP contribution >= 0.6 is 0 Å². The van der Waals surface area contributed by atoms with E-state index in [-0.39, 0.29) is 0 Å². The van der Waals surface area contributed by atoms with Crippen molar-refractivity contribution in [2.45, 2.75) is 19.8 Å². The van der Waals surface area contributed by atoms with E-state index in [0.29, 0.717) is 11.5 Å². The molecule has 0 unspecified atom stereocenters. The van der Waals surface area contributed by atoms with Crippen LogP contribution in [0.4, 0.5) is 0 Å². The van der Waals surface area contributed by atoms with Gasteiger partial charge in [-0.2, -0.15) is 5.26 Å². The van der Waals surface area contributed by atoms with E-state index in [2.05, 4.69) is 13.8 Å². The first-order valence-electron chi connectivity index (χ1n) is 4.19. The van der Waals surface area contributed by atoms with E-state index in [4.69, 9.17) is 5.26 Å². The number of carbonyl (C=O) groups is 1. The molecule has 0 atom stereocenters. The van der Waals surface area contributed by atoms with Gasteiger partial charge in [-0.1, -0.05) is 38.1 Å². The third-order valence-corrected chi connectivity index (χ3v) is 1.94. The second kappa shape index (κ2) is 3.86. The first-order valence-corrected chi connectivity index (χ1v) is 4.19. The minimum absolute atomic E-state index is 0.450. The molecule has 0 spiro atoms. The number of rotatable bonds is 2. The molecule has 2 nitrogen and oxygen atoms in total. The van der Waals surface area contributed by atoms with Gasteiger partial charge in [0.05, 0.1) is 0 Å². The monoisotopic (exact) mass is 173 g/mol. The van der Waals surface area contributed by atoms with E-state index in [9.17, 15) is 4.79 Å². The van der Waals surface area contributed by atoms with E-state index in [1.807, 2.05) is 12.1 Å². The van der Waals surface area contributed by atoms with Crippen LogP contribution in [0.1, 0.15) is 35.7 Å². The molecule has 0 saturated heterocycles. The normalized spacial score (nSPS) is 9.69. The number of nitriles is 1. The number of nitrogens with zero attached hydrogens (tertiary/aromatic N) is 1. The summed E-state index contributed by atoms with van der Waals surface area (Å²) in [6.07, 6.45) is 0. The lowest BCUT2D eigenvalue weighted by Crippen LogP contribution is -1.95. The molecular weight excluding hydrogens is 162 g/mol. The topological polar surface area (TPSA) is 40.9 Å². The van der Waals surface area contributed by atoms with Crippen LogP contribution in [0.25, 0.3) is 0 Å². The fraction of sp³-hybridized carbons (Fsp3) is 0.273. The molecular formula is C11H11NO. The Bertz CT molecular complexity index is 343. The third-order valence-electron chi connectivity index (χ3n) is 1.94. The number of hydrogen-bond acceptors (Lipinski definition) is 2. The Hall–Kier alpha value is -1.62. The van der Waals surface area contributed by atoms with Gasteiger partial charge in [0.1, 0.15) is 6.07 Å². The Morgan fingerprint density at radius 1 is 1.31 bits per heavy atom. The van der Waals surface area contributed by atoms with Crippen molar-refractivity contribution in [2.24, 2.45) is 0 Å². The Morgan fingerprint density at radius 2 is 1.85 bits per heavy atom. The summed E-state index contributed by atoms with van der Waals surface area (Å²) in [5.74, 6) is -0.0263. The number of hydrogen-bond donors (Lipinski definition) is 0. The summed E-state index contributed by atoms with van der Waals surface area (Å²) < 4.78 is 0. The summed E-state index contributed by atoms with van der Waals surface area (Å²) in [6.45, 7) is 4.17. The lowest BCUT2D eigenvalue weighted by Gasteiger charge is -2.04. The molecule has 2 heteroatoms. The molecule has 0 aliphatic heterocycles. The lowest BCUT2D eigenvalue weighted by atomic mass is 10.0. The number of benzene rings is 1. The summed E-state index contributed by atoms with van der Waals surface area (Å²) in [5.41, 5.74) is 1.64. The van der Waals surface area contributed by atoms with Crippen molar-refractivity contribution in [3.05, 3.63) is 35.4 Å². The van der Waals surface area contributed by atoms with Gasteiger partial charge in [0.2, 0.25) is 0 Å². The summed E-state index contributed by atoms with van der Waals surface area (Å²) in [7, 11) is 0. The first kappa shape index (κ1) is 9.47. The average molecular weight is 173 g/mol.